The van der Waals surface area contributed by atoms with Crippen LogP contribution in [0.4, 0.5) is 0 Å². The van der Waals surface area contributed by atoms with Gasteiger partial charge in [-0.05, 0) is 30.2 Å². The Balaban J connectivity index is 2.33. The van der Waals surface area contributed by atoms with Crippen LogP contribution in [0.3, 0.4) is 0 Å². The van der Waals surface area contributed by atoms with E-state index in [1.807, 2.05) is 44.4 Å². The Morgan fingerprint density at radius 3 is 2.69 bits per heavy atom. The van der Waals surface area contributed by atoms with Crippen molar-refractivity contribution in [3.63, 3.8) is 0 Å². The molecule has 0 saturated carbocycles. The third kappa shape index (κ3) is 2.10. The van der Waals surface area contributed by atoms with Gasteiger partial charge in [0, 0.05) is 18.3 Å². The Hall–Kier alpha value is -1.32. The molecule has 0 spiro atoms. The lowest BCUT2D eigenvalue weighted by Gasteiger charge is -2.10. The molecule has 1 heterocycles. The summed E-state index contributed by atoms with van der Waals surface area (Å²) in [5, 5.41) is 5.03. The van der Waals surface area contributed by atoms with E-state index in [0.717, 1.165) is 21.8 Å². The third-order valence-corrected chi connectivity index (χ3v) is 3.02. The fraction of sp³-hybridized carbons (Fsp3) is 0.250. The normalized spacial score (nSPS) is 12.8. The molecule has 2 N–H and O–H groups in total. The van der Waals surface area contributed by atoms with Crippen LogP contribution < -0.4 is 5.73 Å². The van der Waals surface area contributed by atoms with Crippen molar-refractivity contribution in [2.24, 2.45) is 12.8 Å². The molecule has 2 aromatic rings. The van der Waals surface area contributed by atoms with E-state index in [0.29, 0.717) is 0 Å². The first-order valence-corrected chi connectivity index (χ1v) is 5.47. The van der Waals surface area contributed by atoms with Gasteiger partial charge in [-0.2, -0.15) is 5.10 Å². The molecule has 3 nitrogen and oxygen atoms in total. The molecule has 1 aromatic carbocycles. The van der Waals surface area contributed by atoms with Gasteiger partial charge in [-0.3, -0.25) is 4.68 Å². The van der Waals surface area contributed by atoms with E-state index in [4.69, 9.17) is 17.3 Å². The van der Waals surface area contributed by atoms with E-state index >= 15 is 0 Å². The summed E-state index contributed by atoms with van der Waals surface area (Å²) in [7, 11) is 1.87. The second-order valence-corrected chi connectivity index (χ2v) is 4.31. The summed E-state index contributed by atoms with van der Waals surface area (Å²) < 4.78 is 1.74. The summed E-state index contributed by atoms with van der Waals surface area (Å²) in [4.78, 5) is 0. The standard InChI is InChI=1S/C12H14ClN3/c1-8-3-4-9(7-10(8)13)12(14)11-5-6-16(2)15-11/h3-7,12H,14H2,1-2H3. The Kier molecular flexibility index (Phi) is 2.99. The lowest BCUT2D eigenvalue weighted by Crippen LogP contribution is -2.13. The van der Waals surface area contributed by atoms with Gasteiger partial charge in [0.2, 0.25) is 0 Å². The molecule has 0 amide bonds. The van der Waals surface area contributed by atoms with E-state index in [1.54, 1.807) is 4.68 Å². The van der Waals surface area contributed by atoms with Gasteiger partial charge in [-0.1, -0.05) is 23.7 Å². The number of benzene rings is 1. The summed E-state index contributed by atoms with van der Waals surface area (Å²) in [6, 6.07) is 7.55. The summed E-state index contributed by atoms with van der Waals surface area (Å²) in [6.45, 7) is 1.97. The maximum atomic E-state index is 6.11. The number of halogens is 1. The molecule has 1 aromatic heterocycles. The quantitative estimate of drug-likeness (QED) is 0.869. The fourth-order valence-corrected chi connectivity index (χ4v) is 1.76. The topological polar surface area (TPSA) is 43.8 Å². The van der Waals surface area contributed by atoms with Crippen LogP contribution in [-0.4, -0.2) is 9.78 Å². The zero-order valence-corrected chi connectivity index (χ0v) is 10.1. The van der Waals surface area contributed by atoms with Gasteiger partial charge in [-0.25, -0.2) is 0 Å². The van der Waals surface area contributed by atoms with Crippen molar-refractivity contribution in [3.05, 3.63) is 52.3 Å². The maximum Gasteiger partial charge on any atom is 0.0837 e. The molecule has 1 unspecified atom stereocenters. The Morgan fingerprint density at radius 2 is 2.12 bits per heavy atom. The molecule has 0 aliphatic rings. The van der Waals surface area contributed by atoms with Gasteiger partial charge in [0.15, 0.2) is 0 Å². The first-order chi connectivity index (χ1) is 7.58. The second kappa shape index (κ2) is 4.28. The number of aryl methyl sites for hydroxylation is 2. The fourth-order valence-electron chi connectivity index (χ4n) is 1.57. The van der Waals surface area contributed by atoms with Crippen LogP contribution in [0.2, 0.25) is 5.02 Å². The molecular weight excluding hydrogens is 222 g/mol. The molecule has 2 rings (SSSR count). The molecule has 0 saturated heterocycles. The van der Waals surface area contributed by atoms with E-state index in [2.05, 4.69) is 5.10 Å². The van der Waals surface area contributed by atoms with Gasteiger partial charge in [0.25, 0.3) is 0 Å². The van der Waals surface area contributed by atoms with Crippen molar-refractivity contribution in [1.29, 1.82) is 0 Å². The van der Waals surface area contributed by atoms with Gasteiger partial charge in [-0.15, -0.1) is 0 Å². The SMILES string of the molecule is Cc1ccc(C(N)c2ccn(C)n2)cc1Cl. The minimum Gasteiger partial charge on any atom is -0.319 e. The van der Waals surface area contributed by atoms with Gasteiger partial charge in [0.05, 0.1) is 11.7 Å². The second-order valence-electron chi connectivity index (χ2n) is 3.90. The highest BCUT2D eigenvalue weighted by Gasteiger charge is 2.12. The first kappa shape index (κ1) is 11.2. The number of aromatic nitrogens is 2. The highest BCUT2D eigenvalue weighted by molar-refractivity contribution is 6.31. The Morgan fingerprint density at radius 1 is 1.38 bits per heavy atom. The number of nitrogens with two attached hydrogens (primary N) is 1. The summed E-state index contributed by atoms with van der Waals surface area (Å²) in [6.07, 6.45) is 1.88. The molecule has 0 aliphatic carbocycles. The minimum absolute atomic E-state index is 0.223. The van der Waals surface area contributed by atoms with Crippen LogP contribution in [-0.2, 0) is 7.05 Å². The zero-order valence-electron chi connectivity index (χ0n) is 9.31. The largest absolute Gasteiger partial charge is 0.319 e. The lowest BCUT2D eigenvalue weighted by atomic mass is 10.0. The maximum absolute atomic E-state index is 6.11. The Labute approximate surface area is 99.8 Å². The molecular formula is C12H14ClN3. The van der Waals surface area contributed by atoms with Gasteiger partial charge >= 0.3 is 0 Å². The van der Waals surface area contributed by atoms with E-state index in [9.17, 15) is 0 Å². The highest BCUT2D eigenvalue weighted by Crippen LogP contribution is 2.23. The molecule has 0 aliphatic heterocycles. The van der Waals surface area contributed by atoms with Crippen LogP contribution in [0.25, 0.3) is 0 Å². The van der Waals surface area contributed by atoms with Gasteiger partial charge in [0.1, 0.15) is 0 Å². The number of rotatable bonds is 2. The van der Waals surface area contributed by atoms with Crippen LogP contribution >= 0.6 is 11.6 Å². The number of hydrogen-bond acceptors (Lipinski definition) is 2. The predicted octanol–water partition coefficient (Wildman–Crippen LogP) is 2.43. The van der Waals surface area contributed by atoms with Crippen molar-refractivity contribution in [1.82, 2.24) is 9.78 Å². The molecule has 4 heteroatoms. The van der Waals surface area contributed by atoms with Crippen LogP contribution in [0, 0.1) is 6.92 Å². The molecule has 84 valence electrons. The molecule has 0 bridgehead atoms. The van der Waals surface area contributed by atoms with Crippen molar-refractivity contribution < 1.29 is 0 Å². The average molecular weight is 236 g/mol. The van der Waals surface area contributed by atoms with Crippen molar-refractivity contribution in [3.8, 4) is 0 Å². The smallest absolute Gasteiger partial charge is 0.0837 e. The van der Waals surface area contributed by atoms with Crippen molar-refractivity contribution >= 4 is 11.6 Å². The summed E-state index contributed by atoms with van der Waals surface area (Å²) >= 11 is 6.07. The van der Waals surface area contributed by atoms with E-state index in [1.165, 1.54) is 0 Å². The zero-order chi connectivity index (χ0) is 11.7. The summed E-state index contributed by atoms with van der Waals surface area (Å²) in [5.74, 6) is 0. The average Bonchev–Trinajstić information content (AvgIpc) is 2.68. The molecule has 1 atom stereocenters. The van der Waals surface area contributed by atoms with Crippen LogP contribution in [0.1, 0.15) is 22.9 Å². The highest BCUT2D eigenvalue weighted by atomic mass is 35.5. The number of hydrogen-bond donors (Lipinski definition) is 1. The van der Waals surface area contributed by atoms with Gasteiger partial charge < -0.3 is 5.73 Å². The predicted molar refractivity (Wildman–Crippen MR) is 65.4 cm³/mol. The van der Waals surface area contributed by atoms with E-state index < -0.39 is 0 Å². The van der Waals surface area contributed by atoms with Crippen molar-refractivity contribution in [2.45, 2.75) is 13.0 Å². The number of nitrogens with zero attached hydrogens (tertiary/aromatic N) is 2. The molecule has 0 radical (unpaired) electrons. The van der Waals surface area contributed by atoms with Crippen LogP contribution in [0.15, 0.2) is 30.5 Å². The van der Waals surface area contributed by atoms with E-state index in [-0.39, 0.29) is 6.04 Å². The van der Waals surface area contributed by atoms with Crippen LogP contribution in [0.5, 0.6) is 0 Å². The third-order valence-electron chi connectivity index (χ3n) is 2.61. The molecule has 0 fully saturated rings. The minimum atomic E-state index is -0.223. The monoisotopic (exact) mass is 235 g/mol. The first-order valence-electron chi connectivity index (χ1n) is 5.09. The lowest BCUT2D eigenvalue weighted by molar-refractivity contribution is 0.716. The molecule has 16 heavy (non-hydrogen) atoms. The summed E-state index contributed by atoms with van der Waals surface area (Å²) in [5.41, 5.74) is 9.00. The Bertz CT molecular complexity index is 505. The van der Waals surface area contributed by atoms with Crippen molar-refractivity contribution in [2.75, 3.05) is 0 Å².